The number of aromatic nitrogens is 2. The molecule has 9 heteroatoms. The Morgan fingerprint density at radius 2 is 1.69 bits per heavy atom. The third-order valence-corrected chi connectivity index (χ3v) is 6.00. The summed E-state index contributed by atoms with van der Waals surface area (Å²) in [6.45, 7) is 9.71. The minimum atomic E-state index is -4.24. The van der Waals surface area contributed by atoms with Crippen LogP contribution in [0.5, 0.6) is 11.6 Å². The first-order valence-electron chi connectivity index (χ1n) is 10.0. The van der Waals surface area contributed by atoms with Crippen molar-refractivity contribution in [3.05, 3.63) is 70.4 Å². The van der Waals surface area contributed by atoms with Crippen molar-refractivity contribution in [1.82, 2.24) is 14.7 Å². The van der Waals surface area contributed by atoms with Crippen molar-refractivity contribution in [2.75, 3.05) is 5.73 Å². The zero-order valence-electron chi connectivity index (χ0n) is 18.6. The van der Waals surface area contributed by atoms with E-state index in [-0.39, 0.29) is 28.2 Å². The number of anilines is 1. The molecule has 0 aliphatic heterocycles. The van der Waals surface area contributed by atoms with E-state index >= 15 is 0 Å². The average molecular weight is 455 g/mol. The third-order valence-electron chi connectivity index (χ3n) is 4.77. The van der Waals surface area contributed by atoms with Gasteiger partial charge in [0.2, 0.25) is 5.88 Å². The Kier molecular flexibility index (Phi) is 6.50. The highest BCUT2D eigenvalue weighted by Crippen LogP contribution is 2.32. The first kappa shape index (κ1) is 23.2. The molecule has 168 valence electrons. The van der Waals surface area contributed by atoms with Gasteiger partial charge in [0, 0.05) is 5.69 Å². The Morgan fingerprint density at radius 3 is 2.28 bits per heavy atom. The molecule has 3 N–H and O–H groups in total. The molecule has 0 spiro atoms. The number of rotatable bonds is 6. The first-order valence-corrected chi connectivity index (χ1v) is 11.5. The van der Waals surface area contributed by atoms with Gasteiger partial charge in [-0.25, -0.2) is 14.7 Å². The molecule has 0 aliphatic carbocycles. The van der Waals surface area contributed by atoms with E-state index in [2.05, 4.69) is 9.97 Å². The lowest BCUT2D eigenvalue weighted by molar-refractivity contribution is 0.0978. The molecule has 2 aromatic heterocycles. The van der Waals surface area contributed by atoms with E-state index in [9.17, 15) is 13.2 Å². The van der Waals surface area contributed by atoms with Crippen LogP contribution in [0.15, 0.2) is 47.5 Å². The summed E-state index contributed by atoms with van der Waals surface area (Å²) in [5.74, 6) is -0.181. The Bertz CT molecular complexity index is 1260. The van der Waals surface area contributed by atoms with Gasteiger partial charge in [-0.15, -0.1) is 0 Å². The molecule has 0 radical (unpaired) electrons. The topological polar surface area (TPSA) is 124 Å². The molecular weight excluding hydrogens is 428 g/mol. The smallest absolute Gasteiger partial charge is 0.281 e. The SMILES string of the molecule is Cc1cc(C)c(Oc2nc(C(C)C)ccc2C(=O)NS(=O)(=O)c2cccc(N)n2)c(C)c1. The predicted molar refractivity (Wildman–Crippen MR) is 122 cm³/mol. The molecule has 0 bridgehead atoms. The second-order valence-corrected chi connectivity index (χ2v) is 9.54. The molecule has 0 saturated heterocycles. The summed E-state index contributed by atoms with van der Waals surface area (Å²) in [6.07, 6.45) is 0. The fourth-order valence-corrected chi connectivity index (χ4v) is 4.20. The van der Waals surface area contributed by atoms with Crippen molar-refractivity contribution in [2.24, 2.45) is 0 Å². The Labute approximate surface area is 187 Å². The van der Waals surface area contributed by atoms with Crippen molar-refractivity contribution in [3.63, 3.8) is 0 Å². The van der Waals surface area contributed by atoms with E-state index in [0.717, 1.165) is 16.7 Å². The maximum absolute atomic E-state index is 13.0. The maximum atomic E-state index is 13.0. The van der Waals surface area contributed by atoms with Gasteiger partial charge in [-0.3, -0.25) is 4.79 Å². The average Bonchev–Trinajstić information content (AvgIpc) is 2.70. The molecule has 0 fully saturated rings. The third kappa shape index (κ3) is 5.05. The minimum absolute atomic E-state index is 0.0127. The number of carbonyl (C=O) groups is 1. The van der Waals surface area contributed by atoms with E-state index in [1.54, 1.807) is 6.07 Å². The van der Waals surface area contributed by atoms with Crippen LogP contribution in [0.2, 0.25) is 0 Å². The lowest BCUT2D eigenvalue weighted by atomic mass is 10.1. The standard InChI is InChI=1S/C23H26N4O4S/c1-13(2)18-10-9-17(22(28)27-32(29,30)20-8-6-7-19(24)26-20)23(25-18)31-21-15(4)11-14(3)12-16(21)5/h6-13H,1-5H3,(H2,24,26)(H,27,28). The van der Waals surface area contributed by atoms with Crippen LogP contribution >= 0.6 is 0 Å². The molecule has 1 amide bonds. The van der Waals surface area contributed by atoms with Crippen LogP contribution in [-0.4, -0.2) is 24.3 Å². The number of amides is 1. The van der Waals surface area contributed by atoms with Gasteiger partial charge < -0.3 is 10.5 Å². The van der Waals surface area contributed by atoms with Gasteiger partial charge in [-0.1, -0.05) is 37.6 Å². The zero-order valence-corrected chi connectivity index (χ0v) is 19.4. The lowest BCUT2D eigenvalue weighted by Gasteiger charge is -2.16. The normalized spacial score (nSPS) is 11.4. The van der Waals surface area contributed by atoms with Crippen LogP contribution in [0.1, 0.15) is 52.5 Å². The van der Waals surface area contributed by atoms with Gasteiger partial charge in [0.15, 0.2) is 5.03 Å². The number of nitrogens with one attached hydrogen (secondary N) is 1. The van der Waals surface area contributed by atoms with Gasteiger partial charge in [-0.05, 0) is 62.1 Å². The zero-order chi connectivity index (χ0) is 23.6. The van der Waals surface area contributed by atoms with Crippen molar-refractivity contribution in [2.45, 2.75) is 45.6 Å². The second kappa shape index (κ2) is 8.96. The molecule has 0 aliphatic rings. The highest BCUT2D eigenvalue weighted by molar-refractivity contribution is 7.90. The quantitative estimate of drug-likeness (QED) is 0.576. The summed E-state index contributed by atoms with van der Waals surface area (Å²) in [5.41, 5.74) is 9.10. The number of hydrogen-bond donors (Lipinski definition) is 2. The van der Waals surface area contributed by atoms with Crippen LogP contribution in [0.4, 0.5) is 5.82 Å². The van der Waals surface area contributed by atoms with Gasteiger partial charge in [-0.2, -0.15) is 8.42 Å². The molecule has 8 nitrogen and oxygen atoms in total. The van der Waals surface area contributed by atoms with Crippen LogP contribution in [0, 0.1) is 20.8 Å². The summed E-state index contributed by atoms with van der Waals surface area (Å²) in [4.78, 5) is 21.2. The van der Waals surface area contributed by atoms with E-state index in [1.807, 2.05) is 51.5 Å². The first-order chi connectivity index (χ1) is 15.0. The molecule has 32 heavy (non-hydrogen) atoms. The molecule has 0 atom stereocenters. The molecule has 1 aromatic carbocycles. The number of ether oxygens (including phenoxy) is 1. The summed E-state index contributed by atoms with van der Waals surface area (Å²) in [6, 6.07) is 11.3. The van der Waals surface area contributed by atoms with Gasteiger partial charge in [0.05, 0.1) is 0 Å². The van der Waals surface area contributed by atoms with Crippen LogP contribution in [-0.2, 0) is 10.0 Å². The van der Waals surface area contributed by atoms with Crippen molar-refractivity contribution >= 4 is 21.7 Å². The van der Waals surface area contributed by atoms with Gasteiger partial charge in [0.1, 0.15) is 17.1 Å². The number of carbonyl (C=O) groups excluding carboxylic acids is 1. The van der Waals surface area contributed by atoms with E-state index in [0.29, 0.717) is 11.4 Å². The predicted octanol–water partition coefficient (Wildman–Crippen LogP) is 4.02. The summed E-state index contributed by atoms with van der Waals surface area (Å²) >= 11 is 0. The van der Waals surface area contributed by atoms with Crippen LogP contribution < -0.4 is 15.2 Å². The molecule has 3 aromatic rings. The number of nitrogens with two attached hydrogens (primary N) is 1. The van der Waals surface area contributed by atoms with Crippen molar-refractivity contribution in [1.29, 1.82) is 0 Å². The van der Waals surface area contributed by atoms with E-state index in [4.69, 9.17) is 10.5 Å². The Hall–Kier alpha value is -3.46. The number of sulfonamides is 1. The van der Waals surface area contributed by atoms with Crippen molar-refractivity contribution < 1.29 is 17.9 Å². The number of aryl methyl sites for hydroxylation is 3. The largest absolute Gasteiger partial charge is 0.438 e. The number of benzene rings is 1. The van der Waals surface area contributed by atoms with Crippen LogP contribution in [0.3, 0.4) is 0 Å². The number of pyridine rings is 2. The fourth-order valence-electron chi connectivity index (χ4n) is 3.26. The Balaban J connectivity index is 2.02. The number of hydrogen-bond acceptors (Lipinski definition) is 7. The molecule has 3 rings (SSSR count). The fraction of sp³-hybridized carbons (Fsp3) is 0.261. The molecule has 0 unspecified atom stereocenters. The monoisotopic (exact) mass is 454 g/mol. The molecule has 0 saturated carbocycles. The van der Waals surface area contributed by atoms with Gasteiger partial charge >= 0.3 is 0 Å². The minimum Gasteiger partial charge on any atom is -0.438 e. The highest BCUT2D eigenvalue weighted by atomic mass is 32.2. The number of nitrogens with zero attached hydrogens (tertiary/aromatic N) is 2. The maximum Gasteiger partial charge on any atom is 0.281 e. The van der Waals surface area contributed by atoms with Crippen LogP contribution in [0.25, 0.3) is 0 Å². The summed E-state index contributed by atoms with van der Waals surface area (Å²) in [7, 11) is -4.24. The van der Waals surface area contributed by atoms with Gasteiger partial charge in [0.25, 0.3) is 15.9 Å². The second-order valence-electron chi connectivity index (χ2n) is 7.91. The summed E-state index contributed by atoms with van der Waals surface area (Å²) < 4.78 is 33.4. The number of nitrogen functional groups attached to an aromatic ring is 1. The lowest BCUT2D eigenvalue weighted by Crippen LogP contribution is -2.31. The van der Waals surface area contributed by atoms with Crippen molar-refractivity contribution in [3.8, 4) is 11.6 Å². The van der Waals surface area contributed by atoms with E-state index in [1.165, 1.54) is 24.3 Å². The highest BCUT2D eigenvalue weighted by Gasteiger charge is 2.24. The Morgan fingerprint density at radius 1 is 1.03 bits per heavy atom. The molecular formula is C23H26N4O4S. The summed E-state index contributed by atoms with van der Waals surface area (Å²) in [5, 5.41) is -0.356. The van der Waals surface area contributed by atoms with E-state index < -0.39 is 15.9 Å². The molecule has 2 heterocycles.